The molecule has 0 aliphatic heterocycles. The molecule has 1 aromatic heterocycles. The van der Waals surface area contributed by atoms with Crippen LogP contribution in [0.3, 0.4) is 0 Å². The van der Waals surface area contributed by atoms with Crippen molar-refractivity contribution in [3.05, 3.63) is 73.1 Å². The molecular weight excluding hydrogens is 395 g/mol. The molecule has 0 spiro atoms. The van der Waals surface area contributed by atoms with Crippen molar-refractivity contribution in [3.63, 3.8) is 0 Å². The van der Waals surface area contributed by atoms with Crippen molar-refractivity contribution >= 4 is 28.7 Å². The summed E-state index contributed by atoms with van der Waals surface area (Å²) >= 11 is 0. The molecule has 1 heterocycles. The first-order chi connectivity index (χ1) is 14.4. The minimum absolute atomic E-state index is 0.225. The fourth-order valence-electron chi connectivity index (χ4n) is 4.22. The van der Waals surface area contributed by atoms with Gasteiger partial charge in [-0.2, -0.15) is 0 Å². The van der Waals surface area contributed by atoms with Crippen LogP contribution >= 0.6 is 6.83 Å². The number of hydrogen-bond acceptors (Lipinski definition) is 3. The first-order valence-corrected chi connectivity index (χ1v) is 12.9. The van der Waals surface area contributed by atoms with E-state index in [2.05, 4.69) is 5.10 Å². The Kier molecular flexibility index (Phi) is 7.06. The van der Waals surface area contributed by atoms with Crippen molar-refractivity contribution in [2.24, 2.45) is 7.05 Å². The number of benzene rings is 2. The molecule has 0 aliphatic carbocycles. The first kappa shape index (κ1) is 22.2. The van der Waals surface area contributed by atoms with Crippen LogP contribution in [-0.4, -0.2) is 31.9 Å². The molecule has 0 fully saturated rings. The van der Waals surface area contributed by atoms with Crippen LogP contribution in [0.1, 0.15) is 38.5 Å². The number of aliphatic carboxylic acids is 1. The average Bonchev–Trinajstić information content (AvgIpc) is 3.21. The predicted molar refractivity (Wildman–Crippen MR) is 124 cm³/mol. The van der Waals surface area contributed by atoms with Gasteiger partial charge in [0.1, 0.15) is 0 Å². The Balaban J connectivity index is 1.95. The van der Waals surface area contributed by atoms with E-state index in [-0.39, 0.29) is 6.42 Å². The summed E-state index contributed by atoms with van der Waals surface area (Å²) in [6, 6.07) is 20.0. The SMILES string of the molecule is Cn1cc(P(O)(CCCCCCCC(=O)O)(c2ccccc2)c2ccccc2)cn1. The topological polar surface area (TPSA) is 75.4 Å². The molecule has 5 nitrogen and oxygen atoms in total. The molecule has 0 bridgehead atoms. The summed E-state index contributed by atoms with van der Waals surface area (Å²) in [7, 11) is 1.88. The number of nitrogens with zero attached hydrogens (tertiary/aromatic N) is 2. The second-order valence-corrected chi connectivity index (χ2v) is 12.4. The summed E-state index contributed by atoms with van der Waals surface area (Å²) in [5.74, 6) is -0.736. The number of rotatable bonds is 11. The Hall–Kier alpha value is -2.49. The summed E-state index contributed by atoms with van der Waals surface area (Å²) in [6.07, 6.45) is 9.02. The van der Waals surface area contributed by atoms with Gasteiger partial charge in [0.25, 0.3) is 0 Å². The van der Waals surface area contributed by atoms with E-state index in [0.717, 1.165) is 41.6 Å². The third-order valence-electron chi connectivity index (χ3n) is 5.86. The van der Waals surface area contributed by atoms with Crippen LogP contribution < -0.4 is 15.9 Å². The molecule has 30 heavy (non-hydrogen) atoms. The molecule has 2 aromatic carbocycles. The Labute approximate surface area is 178 Å². The zero-order chi connectivity index (χ0) is 21.5. The van der Waals surface area contributed by atoms with Gasteiger partial charge in [-0.15, -0.1) is 0 Å². The van der Waals surface area contributed by atoms with Crippen molar-refractivity contribution in [1.29, 1.82) is 0 Å². The predicted octanol–water partition coefficient (Wildman–Crippen LogP) is 3.58. The normalized spacial score (nSPS) is 12.9. The van der Waals surface area contributed by atoms with E-state index >= 15 is 0 Å². The van der Waals surface area contributed by atoms with Gasteiger partial charge in [0.2, 0.25) is 0 Å². The maximum absolute atomic E-state index is 12.9. The minimum atomic E-state index is -3.68. The van der Waals surface area contributed by atoms with E-state index in [4.69, 9.17) is 5.11 Å². The van der Waals surface area contributed by atoms with E-state index in [1.807, 2.05) is 80.1 Å². The van der Waals surface area contributed by atoms with Gasteiger partial charge in [-0.3, -0.25) is 0 Å². The van der Waals surface area contributed by atoms with Crippen molar-refractivity contribution in [1.82, 2.24) is 9.78 Å². The number of carboxylic acids is 1. The van der Waals surface area contributed by atoms with Crippen LogP contribution in [-0.2, 0) is 11.8 Å². The molecule has 0 aliphatic rings. The van der Waals surface area contributed by atoms with Gasteiger partial charge in [0.05, 0.1) is 0 Å². The Bertz CT molecular complexity index is 917. The van der Waals surface area contributed by atoms with E-state index < -0.39 is 12.8 Å². The maximum atomic E-state index is 12.9. The van der Waals surface area contributed by atoms with Crippen LogP contribution in [0, 0.1) is 0 Å². The molecule has 160 valence electrons. The molecule has 0 saturated carbocycles. The summed E-state index contributed by atoms with van der Waals surface area (Å²) in [5.41, 5.74) is 0. The van der Waals surface area contributed by atoms with Gasteiger partial charge in [-0.25, -0.2) is 0 Å². The summed E-state index contributed by atoms with van der Waals surface area (Å²) in [4.78, 5) is 23.6. The molecule has 0 amide bonds. The molecule has 6 heteroatoms. The molecule has 0 atom stereocenters. The van der Waals surface area contributed by atoms with Crippen molar-refractivity contribution in [2.75, 3.05) is 6.16 Å². The van der Waals surface area contributed by atoms with Gasteiger partial charge >= 0.3 is 178 Å². The van der Waals surface area contributed by atoms with Crippen LogP contribution in [0.15, 0.2) is 73.1 Å². The number of carboxylic acid groups (broad SMARTS) is 1. The molecule has 3 rings (SSSR count). The summed E-state index contributed by atoms with van der Waals surface area (Å²) in [6.45, 7) is -3.68. The number of unbranched alkanes of at least 4 members (excludes halogenated alkanes) is 4. The average molecular weight is 426 g/mol. The van der Waals surface area contributed by atoms with Crippen LogP contribution in [0.4, 0.5) is 0 Å². The zero-order valence-corrected chi connectivity index (χ0v) is 18.4. The van der Waals surface area contributed by atoms with Crippen molar-refractivity contribution in [2.45, 2.75) is 38.5 Å². The van der Waals surface area contributed by atoms with E-state index in [1.54, 1.807) is 4.68 Å². The Morgan fingerprint density at radius 2 is 1.40 bits per heavy atom. The molecular formula is C24H31N2O3P. The molecule has 0 radical (unpaired) electrons. The number of hydrogen-bond donors (Lipinski definition) is 2. The third-order valence-corrected chi connectivity index (χ3v) is 11.2. The molecule has 2 N–H and O–H groups in total. The van der Waals surface area contributed by atoms with Gasteiger partial charge < -0.3 is 0 Å². The number of aryl methyl sites for hydroxylation is 1. The Morgan fingerprint density at radius 1 is 0.867 bits per heavy atom. The molecule has 3 aromatic rings. The van der Waals surface area contributed by atoms with Gasteiger partial charge in [-0.1, -0.05) is 0 Å². The van der Waals surface area contributed by atoms with E-state index in [0.29, 0.717) is 12.6 Å². The van der Waals surface area contributed by atoms with Gasteiger partial charge in [-0.05, 0) is 0 Å². The molecule has 0 unspecified atom stereocenters. The van der Waals surface area contributed by atoms with Crippen LogP contribution in [0.5, 0.6) is 0 Å². The van der Waals surface area contributed by atoms with E-state index in [9.17, 15) is 9.69 Å². The fraction of sp³-hybridized carbons (Fsp3) is 0.333. The number of aromatic nitrogens is 2. The zero-order valence-electron chi connectivity index (χ0n) is 17.5. The van der Waals surface area contributed by atoms with Crippen molar-refractivity contribution in [3.8, 4) is 0 Å². The van der Waals surface area contributed by atoms with E-state index in [1.165, 1.54) is 0 Å². The monoisotopic (exact) mass is 426 g/mol. The van der Waals surface area contributed by atoms with Gasteiger partial charge in [0.15, 0.2) is 0 Å². The fourth-order valence-corrected chi connectivity index (χ4v) is 9.07. The van der Waals surface area contributed by atoms with Gasteiger partial charge in [0, 0.05) is 0 Å². The quantitative estimate of drug-likeness (QED) is 0.363. The Morgan fingerprint density at radius 3 is 1.90 bits per heavy atom. The second kappa shape index (κ2) is 9.55. The third kappa shape index (κ3) is 4.48. The van der Waals surface area contributed by atoms with Crippen LogP contribution in [0.2, 0.25) is 0 Å². The summed E-state index contributed by atoms with van der Waals surface area (Å²) in [5, 5.41) is 16.0. The number of carbonyl (C=O) groups is 1. The first-order valence-electron chi connectivity index (χ1n) is 10.5. The summed E-state index contributed by atoms with van der Waals surface area (Å²) < 4.78 is 1.75. The van der Waals surface area contributed by atoms with Crippen molar-refractivity contribution < 1.29 is 14.8 Å². The standard InChI is InChI=1S/C24H31N2O3P/c1-26-20-23(19-25-26)30(29,21-13-7-5-8-14-21,22-15-9-6-10-16-22)18-12-4-2-3-11-17-24(27)28/h5-10,13-16,19-20,29H,2-4,11-12,17-18H2,1H3,(H,27,28). The van der Waals surface area contributed by atoms with Crippen LogP contribution in [0.25, 0.3) is 0 Å². The molecule has 0 saturated heterocycles. The second-order valence-electron chi connectivity index (χ2n) is 7.93.